The lowest BCUT2D eigenvalue weighted by atomic mass is 10.0. The topological polar surface area (TPSA) is 43.8 Å². The van der Waals surface area contributed by atoms with Crippen molar-refractivity contribution < 1.29 is 9.90 Å². The van der Waals surface area contributed by atoms with Gasteiger partial charge >= 0.3 is 5.97 Å². The number of carbonyl (C=O) groups is 1. The van der Waals surface area contributed by atoms with E-state index in [1.165, 1.54) is 6.42 Å². The molecule has 1 heterocycles. The molecule has 1 fully saturated rings. The summed E-state index contributed by atoms with van der Waals surface area (Å²) in [5.74, 6) is -0.961. The highest BCUT2D eigenvalue weighted by molar-refractivity contribution is 6.33. The Bertz CT molecular complexity index is 545. The van der Waals surface area contributed by atoms with Gasteiger partial charge in [0.1, 0.15) is 0 Å². The Kier molecular flexibility index (Phi) is 5.26. The van der Waals surface area contributed by atoms with E-state index in [2.05, 4.69) is 23.9 Å². The zero-order valence-electron chi connectivity index (χ0n) is 12.4. The van der Waals surface area contributed by atoms with Crippen LogP contribution < -0.4 is 4.90 Å². The fraction of sp³-hybridized carbons (Fsp3) is 0.438. The van der Waals surface area contributed by atoms with E-state index in [-0.39, 0.29) is 0 Å². The molecule has 1 saturated heterocycles. The normalized spacial score (nSPS) is 19.9. The minimum absolute atomic E-state index is 0.460. The summed E-state index contributed by atoms with van der Waals surface area (Å²) in [6, 6.07) is 6.11. The van der Waals surface area contributed by atoms with Gasteiger partial charge in [0.25, 0.3) is 0 Å². The Labute approximate surface area is 130 Å². The van der Waals surface area contributed by atoms with E-state index < -0.39 is 5.97 Å². The SMILES string of the molecule is CN1CCCC(N(C)c2ccc(/C=C/C(=O)O)cc2Cl)C1. The first-order valence-corrected chi connectivity index (χ1v) is 7.47. The summed E-state index contributed by atoms with van der Waals surface area (Å²) in [6.45, 7) is 2.19. The molecule has 5 heteroatoms. The largest absolute Gasteiger partial charge is 0.478 e. The van der Waals surface area contributed by atoms with Gasteiger partial charge in [0.15, 0.2) is 0 Å². The standard InChI is InChI=1S/C16H21ClN2O2/c1-18-9-3-4-13(11-18)19(2)15-7-5-12(10-14(15)17)6-8-16(20)21/h5-8,10,13H,3-4,9,11H2,1-2H3,(H,20,21)/b8-6+. The second-order valence-corrected chi connectivity index (χ2v) is 5.96. The second kappa shape index (κ2) is 6.96. The second-order valence-electron chi connectivity index (χ2n) is 5.55. The molecule has 114 valence electrons. The molecule has 4 nitrogen and oxygen atoms in total. The van der Waals surface area contributed by atoms with Crippen molar-refractivity contribution in [1.82, 2.24) is 4.90 Å². The van der Waals surface area contributed by atoms with E-state index in [0.717, 1.165) is 36.8 Å². The molecule has 1 atom stereocenters. The van der Waals surface area contributed by atoms with E-state index in [1.54, 1.807) is 12.1 Å². The van der Waals surface area contributed by atoms with Crippen LogP contribution in [0.1, 0.15) is 18.4 Å². The number of halogens is 1. The Morgan fingerprint density at radius 2 is 2.29 bits per heavy atom. The number of aliphatic carboxylic acids is 1. The molecule has 21 heavy (non-hydrogen) atoms. The number of anilines is 1. The van der Waals surface area contributed by atoms with Crippen LogP contribution in [0.5, 0.6) is 0 Å². The van der Waals surface area contributed by atoms with Crippen LogP contribution in [0.25, 0.3) is 6.08 Å². The van der Waals surface area contributed by atoms with Crippen LogP contribution in [-0.2, 0) is 4.79 Å². The zero-order valence-corrected chi connectivity index (χ0v) is 13.2. The summed E-state index contributed by atoms with van der Waals surface area (Å²) < 4.78 is 0. The molecule has 1 aliphatic rings. The minimum Gasteiger partial charge on any atom is -0.478 e. The maximum atomic E-state index is 10.5. The van der Waals surface area contributed by atoms with Crippen molar-refractivity contribution in [1.29, 1.82) is 0 Å². The Balaban J connectivity index is 2.14. The molecule has 0 aliphatic carbocycles. The lowest BCUT2D eigenvalue weighted by molar-refractivity contribution is -0.131. The number of carboxylic acids is 1. The molecule has 0 radical (unpaired) electrons. The number of hydrogen-bond acceptors (Lipinski definition) is 3. The Hall–Kier alpha value is -1.52. The van der Waals surface area contributed by atoms with Gasteiger partial charge in [0, 0.05) is 25.7 Å². The predicted molar refractivity (Wildman–Crippen MR) is 87.0 cm³/mol. The summed E-state index contributed by atoms with van der Waals surface area (Å²) in [4.78, 5) is 15.1. The third-order valence-electron chi connectivity index (χ3n) is 3.92. The van der Waals surface area contributed by atoms with Crippen LogP contribution in [0, 0.1) is 0 Å². The van der Waals surface area contributed by atoms with Crippen LogP contribution in [0.15, 0.2) is 24.3 Å². The Morgan fingerprint density at radius 1 is 1.52 bits per heavy atom. The molecule has 0 saturated carbocycles. The van der Waals surface area contributed by atoms with Gasteiger partial charge in [-0.25, -0.2) is 4.79 Å². The van der Waals surface area contributed by atoms with Gasteiger partial charge in [-0.15, -0.1) is 0 Å². The third kappa shape index (κ3) is 4.22. The van der Waals surface area contributed by atoms with E-state index in [9.17, 15) is 4.79 Å². The molecule has 1 N–H and O–H groups in total. The molecule has 1 unspecified atom stereocenters. The van der Waals surface area contributed by atoms with Gasteiger partial charge in [-0.3, -0.25) is 0 Å². The molecule has 0 bridgehead atoms. The minimum atomic E-state index is -0.961. The molecule has 1 aromatic rings. The van der Waals surface area contributed by atoms with Gasteiger partial charge < -0.3 is 14.9 Å². The zero-order chi connectivity index (χ0) is 15.4. The molecular weight excluding hydrogens is 288 g/mol. The van der Waals surface area contributed by atoms with Gasteiger partial charge in [0.05, 0.1) is 10.7 Å². The van der Waals surface area contributed by atoms with E-state index in [1.807, 2.05) is 12.1 Å². The summed E-state index contributed by atoms with van der Waals surface area (Å²) in [6.07, 6.45) is 5.03. The van der Waals surface area contributed by atoms with Crippen molar-refractivity contribution in [2.45, 2.75) is 18.9 Å². The fourth-order valence-electron chi connectivity index (χ4n) is 2.73. The number of likely N-dealkylation sites (N-methyl/N-ethyl adjacent to an activating group) is 2. The molecule has 0 spiro atoms. The Morgan fingerprint density at radius 3 is 2.90 bits per heavy atom. The van der Waals surface area contributed by atoms with Crippen LogP contribution >= 0.6 is 11.6 Å². The number of nitrogens with zero attached hydrogens (tertiary/aromatic N) is 2. The van der Waals surface area contributed by atoms with Crippen LogP contribution in [0.4, 0.5) is 5.69 Å². The summed E-state index contributed by atoms with van der Waals surface area (Å²) in [7, 11) is 4.21. The van der Waals surface area contributed by atoms with E-state index in [0.29, 0.717) is 11.1 Å². The molecule has 1 aliphatic heterocycles. The predicted octanol–water partition coefficient (Wildman–Crippen LogP) is 2.97. The van der Waals surface area contributed by atoms with Crippen molar-refractivity contribution in [3.05, 3.63) is 34.9 Å². The quantitative estimate of drug-likeness (QED) is 0.869. The van der Waals surface area contributed by atoms with Crippen LogP contribution in [0.2, 0.25) is 5.02 Å². The highest BCUT2D eigenvalue weighted by atomic mass is 35.5. The first kappa shape index (κ1) is 15.9. The van der Waals surface area contributed by atoms with E-state index >= 15 is 0 Å². The average molecular weight is 309 g/mol. The molecule has 1 aromatic carbocycles. The summed E-state index contributed by atoms with van der Waals surface area (Å²) in [5.41, 5.74) is 1.78. The molecule has 0 amide bonds. The van der Waals surface area contributed by atoms with Crippen LogP contribution in [-0.4, -0.2) is 49.2 Å². The van der Waals surface area contributed by atoms with Gasteiger partial charge in [-0.05, 0) is 50.2 Å². The number of hydrogen-bond donors (Lipinski definition) is 1. The van der Waals surface area contributed by atoms with Crippen LogP contribution in [0.3, 0.4) is 0 Å². The van der Waals surface area contributed by atoms with Crippen molar-refractivity contribution in [3.8, 4) is 0 Å². The first-order chi connectivity index (χ1) is 9.97. The number of benzene rings is 1. The van der Waals surface area contributed by atoms with E-state index in [4.69, 9.17) is 16.7 Å². The highest BCUT2D eigenvalue weighted by Crippen LogP contribution is 2.29. The highest BCUT2D eigenvalue weighted by Gasteiger charge is 2.22. The fourth-order valence-corrected chi connectivity index (χ4v) is 3.05. The van der Waals surface area contributed by atoms with Gasteiger partial charge in [0.2, 0.25) is 0 Å². The molecular formula is C16H21ClN2O2. The third-order valence-corrected chi connectivity index (χ3v) is 4.22. The number of likely N-dealkylation sites (tertiary alicyclic amines) is 1. The number of rotatable bonds is 4. The molecule has 0 aromatic heterocycles. The maximum Gasteiger partial charge on any atom is 0.328 e. The van der Waals surface area contributed by atoms with Crippen molar-refractivity contribution in [3.63, 3.8) is 0 Å². The average Bonchev–Trinajstić information content (AvgIpc) is 2.44. The van der Waals surface area contributed by atoms with Gasteiger partial charge in [-0.2, -0.15) is 0 Å². The van der Waals surface area contributed by atoms with Crippen molar-refractivity contribution in [2.24, 2.45) is 0 Å². The first-order valence-electron chi connectivity index (χ1n) is 7.09. The maximum absolute atomic E-state index is 10.5. The van der Waals surface area contributed by atoms with Gasteiger partial charge in [-0.1, -0.05) is 17.7 Å². The van der Waals surface area contributed by atoms with Crippen molar-refractivity contribution in [2.75, 3.05) is 32.1 Å². The lowest BCUT2D eigenvalue weighted by Crippen LogP contribution is -2.45. The summed E-state index contributed by atoms with van der Waals surface area (Å²) in [5, 5.41) is 9.30. The van der Waals surface area contributed by atoms with Crippen molar-refractivity contribution >= 4 is 29.3 Å². The smallest absolute Gasteiger partial charge is 0.328 e. The number of carboxylic acid groups (broad SMARTS) is 1. The monoisotopic (exact) mass is 308 g/mol. The summed E-state index contributed by atoms with van der Waals surface area (Å²) >= 11 is 6.36. The number of piperidine rings is 1. The molecule has 2 rings (SSSR count). The lowest BCUT2D eigenvalue weighted by Gasteiger charge is -2.37.